The molecule has 0 unspecified atom stereocenters. The molecule has 0 aliphatic carbocycles. The van der Waals surface area contributed by atoms with Gasteiger partial charge in [-0.05, 0) is 81.4 Å². The molecule has 0 atom stereocenters. The molecular weight excluding hydrogens is 398 g/mol. The van der Waals surface area contributed by atoms with Crippen molar-refractivity contribution in [3.05, 3.63) is 76.5 Å². The molecule has 6 heteroatoms. The topological polar surface area (TPSA) is 76.1 Å². The molecule has 0 radical (unpaired) electrons. The van der Waals surface area contributed by atoms with Gasteiger partial charge >= 0.3 is 0 Å². The number of H-pyrrole nitrogens is 1. The predicted octanol–water partition coefficient (Wildman–Crippen LogP) is 5.04. The lowest BCUT2D eigenvalue weighted by Gasteiger charge is -2.34. The maximum atomic E-state index is 13.4. The van der Waals surface area contributed by atoms with Crippen molar-refractivity contribution in [2.45, 2.75) is 40.5 Å². The van der Waals surface area contributed by atoms with Crippen LogP contribution in [0.15, 0.2) is 48.3 Å². The van der Waals surface area contributed by atoms with Gasteiger partial charge in [0.25, 0.3) is 5.91 Å². The summed E-state index contributed by atoms with van der Waals surface area (Å²) in [4.78, 5) is 25.0. The number of aromatic amines is 1. The first kappa shape index (κ1) is 21.8. The summed E-state index contributed by atoms with van der Waals surface area (Å²) in [6.45, 7) is 13.6. The van der Waals surface area contributed by atoms with Crippen molar-refractivity contribution < 1.29 is 4.79 Å². The van der Waals surface area contributed by atoms with Crippen LogP contribution in [0.25, 0.3) is 11.3 Å². The van der Waals surface area contributed by atoms with Crippen LogP contribution in [0.5, 0.6) is 0 Å². The van der Waals surface area contributed by atoms with E-state index in [1.807, 2.05) is 37.9 Å². The number of likely N-dealkylation sites (tertiary alicyclic amines) is 1. The van der Waals surface area contributed by atoms with E-state index in [0.29, 0.717) is 5.92 Å². The molecule has 2 aliphatic heterocycles. The number of aryl methyl sites for hydroxylation is 4. The van der Waals surface area contributed by atoms with Gasteiger partial charge in [0.05, 0.1) is 12.0 Å². The standard InChI is InChI=1S/C26H31N5O/c1-16-12-17(2)24(14-23(16)25-19(4)28-20(5)29-25)26(32)30-9-6-21(7-10-30)22-8-11-31(15-27)18(3)13-22/h8,11-15,21,27H,3,6-7,9-10H2,1-2,4-5H3,(H,28,29). The number of amides is 1. The van der Waals surface area contributed by atoms with Crippen molar-refractivity contribution in [2.24, 2.45) is 5.92 Å². The molecule has 1 aromatic carbocycles. The summed E-state index contributed by atoms with van der Waals surface area (Å²) in [5.74, 6) is 1.38. The maximum Gasteiger partial charge on any atom is 0.254 e. The van der Waals surface area contributed by atoms with Gasteiger partial charge in [0.15, 0.2) is 0 Å². The maximum absolute atomic E-state index is 13.4. The third kappa shape index (κ3) is 4.05. The van der Waals surface area contributed by atoms with Crippen LogP contribution in [0.3, 0.4) is 0 Å². The number of hydrogen-bond donors (Lipinski definition) is 2. The second kappa shape index (κ2) is 8.61. The molecule has 32 heavy (non-hydrogen) atoms. The van der Waals surface area contributed by atoms with E-state index in [4.69, 9.17) is 5.41 Å². The largest absolute Gasteiger partial charge is 0.346 e. The number of allylic oxidation sites excluding steroid dienone is 3. The van der Waals surface area contributed by atoms with E-state index in [2.05, 4.69) is 41.7 Å². The van der Waals surface area contributed by atoms with Crippen molar-refractivity contribution in [3.8, 4) is 11.3 Å². The Bertz CT molecular complexity index is 1150. The van der Waals surface area contributed by atoms with E-state index in [1.165, 1.54) is 11.9 Å². The molecule has 0 bridgehead atoms. The zero-order chi connectivity index (χ0) is 23.0. The summed E-state index contributed by atoms with van der Waals surface area (Å²) in [5.41, 5.74) is 7.89. The van der Waals surface area contributed by atoms with Crippen LogP contribution >= 0.6 is 0 Å². The molecular formula is C26H31N5O. The molecule has 4 rings (SSSR count). The highest BCUT2D eigenvalue weighted by atomic mass is 16.2. The Balaban J connectivity index is 1.51. The van der Waals surface area contributed by atoms with Gasteiger partial charge in [-0.1, -0.05) is 12.6 Å². The lowest BCUT2D eigenvalue weighted by molar-refractivity contribution is 0.0702. The average Bonchev–Trinajstić information content (AvgIpc) is 3.11. The third-order valence-corrected chi connectivity index (χ3v) is 6.55. The van der Waals surface area contributed by atoms with Crippen LogP contribution < -0.4 is 0 Å². The minimum absolute atomic E-state index is 0.0969. The normalized spacial score (nSPS) is 17.0. The van der Waals surface area contributed by atoms with Gasteiger partial charge in [-0.3, -0.25) is 10.2 Å². The predicted molar refractivity (Wildman–Crippen MR) is 129 cm³/mol. The summed E-state index contributed by atoms with van der Waals surface area (Å²) in [5, 5.41) is 7.42. The van der Waals surface area contributed by atoms with Crippen LogP contribution in [-0.2, 0) is 0 Å². The van der Waals surface area contributed by atoms with Crippen LogP contribution in [0.1, 0.15) is 45.8 Å². The highest BCUT2D eigenvalue weighted by Crippen LogP contribution is 2.32. The van der Waals surface area contributed by atoms with E-state index in [-0.39, 0.29) is 5.91 Å². The second-order valence-corrected chi connectivity index (χ2v) is 8.83. The number of hydrogen-bond acceptors (Lipinski definition) is 3. The molecule has 0 spiro atoms. The first-order valence-corrected chi connectivity index (χ1v) is 11.1. The smallest absolute Gasteiger partial charge is 0.254 e. The Morgan fingerprint density at radius 2 is 1.91 bits per heavy atom. The monoisotopic (exact) mass is 429 g/mol. The van der Waals surface area contributed by atoms with Gasteiger partial charge in [0.1, 0.15) is 5.82 Å². The SMILES string of the molecule is C=C1C=C(C2CCN(C(=O)c3cc(-c4nc(C)[nH]c4C)c(C)cc3C)CC2)C=CN1C=N. The summed E-state index contributed by atoms with van der Waals surface area (Å²) < 4.78 is 0. The van der Waals surface area contributed by atoms with E-state index in [1.54, 1.807) is 4.90 Å². The highest BCUT2D eigenvalue weighted by molar-refractivity contribution is 5.97. The Labute approximate surface area is 189 Å². The van der Waals surface area contributed by atoms with Gasteiger partial charge in [-0.15, -0.1) is 0 Å². The van der Waals surface area contributed by atoms with Gasteiger partial charge in [-0.25, -0.2) is 4.98 Å². The Morgan fingerprint density at radius 3 is 2.50 bits per heavy atom. The second-order valence-electron chi connectivity index (χ2n) is 8.83. The van der Waals surface area contributed by atoms with E-state index in [0.717, 1.165) is 71.1 Å². The molecule has 1 saturated heterocycles. The first-order valence-electron chi connectivity index (χ1n) is 11.1. The van der Waals surface area contributed by atoms with Crippen molar-refractivity contribution in [1.82, 2.24) is 19.8 Å². The van der Waals surface area contributed by atoms with Crippen LogP contribution in [-0.4, -0.2) is 45.1 Å². The third-order valence-electron chi connectivity index (χ3n) is 6.55. The molecule has 2 N–H and O–H groups in total. The zero-order valence-corrected chi connectivity index (χ0v) is 19.3. The molecule has 1 amide bonds. The number of carbonyl (C=O) groups excluding carboxylic acids is 1. The van der Waals surface area contributed by atoms with Gasteiger partial charge < -0.3 is 14.8 Å². The lowest BCUT2D eigenvalue weighted by atomic mass is 9.87. The lowest BCUT2D eigenvalue weighted by Crippen LogP contribution is -2.39. The van der Waals surface area contributed by atoms with Crippen molar-refractivity contribution >= 4 is 12.2 Å². The summed E-state index contributed by atoms with van der Waals surface area (Å²) >= 11 is 0. The number of aromatic nitrogens is 2. The van der Waals surface area contributed by atoms with Gasteiger partial charge in [0, 0.05) is 41.8 Å². The minimum Gasteiger partial charge on any atom is -0.346 e. The molecule has 3 heterocycles. The molecule has 2 aliphatic rings. The molecule has 166 valence electrons. The molecule has 1 aromatic heterocycles. The fourth-order valence-electron chi connectivity index (χ4n) is 4.75. The number of nitrogens with one attached hydrogen (secondary N) is 2. The fourth-order valence-corrected chi connectivity index (χ4v) is 4.75. The van der Waals surface area contributed by atoms with Crippen LogP contribution in [0, 0.1) is 39.0 Å². The molecule has 2 aromatic rings. The number of carbonyl (C=O) groups is 1. The Hall–Kier alpha value is -3.41. The summed E-state index contributed by atoms with van der Waals surface area (Å²) in [6.07, 6.45) is 9.12. The molecule has 0 saturated carbocycles. The van der Waals surface area contributed by atoms with Crippen LogP contribution in [0.4, 0.5) is 0 Å². The number of imidazole rings is 1. The first-order chi connectivity index (χ1) is 15.3. The zero-order valence-electron chi connectivity index (χ0n) is 19.3. The van der Waals surface area contributed by atoms with Crippen LogP contribution in [0.2, 0.25) is 0 Å². The Morgan fingerprint density at radius 1 is 1.19 bits per heavy atom. The summed E-state index contributed by atoms with van der Waals surface area (Å²) in [6, 6.07) is 4.11. The number of rotatable bonds is 4. The molecule has 1 fully saturated rings. The highest BCUT2D eigenvalue weighted by Gasteiger charge is 2.27. The van der Waals surface area contributed by atoms with Crippen molar-refractivity contribution in [2.75, 3.05) is 13.1 Å². The van der Waals surface area contributed by atoms with E-state index >= 15 is 0 Å². The number of nitrogens with zero attached hydrogens (tertiary/aromatic N) is 3. The van der Waals surface area contributed by atoms with Crippen molar-refractivity contribution in [3.63, 3.8) is 0 Å². The van der Waals surface area contributed by atoms with Gasteiger partial charge in [0.2, 0.25) is 0 Å². The van der Waals surface area contributed by atoms with Crippen molar-refractivity contribution in [1.29, 1.82) is 5.41 Å². The number of benzene rings is 1. The molecule has 6 nitrogen and oxygen atoms in total. The minimum atomic E-state index is 0.0969. The number of piperidine rings is 1. The average molecular weight is 430 g/mol. The Kier molecular flexibility index (Phi) is 5.87. The fraction of sp³-hybridized carbons (Fsp3) is 0.346. The summed E-state index contributed by atoms with van der Waals surface area (Å²) in [7, 11) is 0. The van der Waals surface area contributed by atoms with E-state index < -0.39 is 0 Å². The quantitative estimate of drug-likeness (QED) is 0.528. The van der Waals surface area contributed by atoms with E-state index in [9.17, 15) is 4.79 Å². The van der Waals surface area contributed by atoms with Gasteiger partial charge in [-0.2, -0.15) is 0 Å².